The first-order valence-corrected chi connectivity index (χ1v) is 9.58. The van der Waals surface area contributed by atoms with Crippen LogP contribution in [0.2, 0.25) is 5.02 Å². The van der Waals surface area contributed by atoms with Gasteiger partial charge >= 0.3 is 0 Å². The molecule has 26 heavy (non-hydrogen) atoms. The number of hydrogen-bond acceptors (Lipinski definition) is 4. The van der Waals surface area contributed by atoms with Crippen LogP contribution in [0.25, 0.3) is 0 Å². The minimum absolute atomic E-state index is 0.0813. The molecule has 2 aliphatic rings. The van der Waals surface area contributed by atoms with Gasteiger partial charge in [0.15, 0.2) is 0 Å². The highest BCUT2D eigenvalue weighted by Gasteiger charge is 2.37. The molecule has 1 aliphatic carbocycles. The van der Waals surface area contributed by atoms with E-state index in [0.717, 1.165) is 25.7 Å². The van der Waals surface area contributed by atoms with Crippen molar-refractivity contribution in [3.63, 3.8) is 0 Å². The van der Waals surface area contributed by atoms with Crippen LogP contribution < -0.4 is 15.8 Å². The van der Waals surface area contributed by atoms with Gasteiger partial charge in [-0.15, -0.1) is 0 Å². The highest BCUT2D eigenvalue weighted by Crippen LogP contribution is 2.29. The number of nitrogens with zero attached hydrogens (tertiary/aromatic N) is 1. The Balaban J connectivity index is 1.74. The number of amides is 2. The minimum Gasteiger partial charge on any atom is -0.496 e. The van der Waals surface area contributed by atoms with E-state index in [-0.39, 0.29) is 17.9 Å². The number of carbonyl (C=O) groups excluding carboxylic acids is 2. The second-order valence-corrected chi connectivity index (χ2v) is 7.48. The number of carbonyl (C=O) groups is 2. The topological polar surface area (TPSA) is 84.7 Å². The molecule has 0 spiro atoms. The molecule has 7 heteroatoms. The summed E-state index contributed by atoms with van der Waals surface area (Å²) in [5.41, 5.74) is 6.20. The number of nitrogens with one attached hydrogen (secondary N) is 1. The van der Waals surface area contributed by atoms with Gasteiger partial charge in [0.05, 0.1) is 12.7 Å². The lowest BCUT2D eigenvalue weighted by Gasteiger charge is -2.27. The van der Waals surface area contributed by atoms with Crippen LogP contribution in [-0.4, -0.2) is 49.0 Å². The number of halogens is 1. The van der Waals surface area contributed by atoms with Crippen molar-refractivity contribution in [2.75, 3.05) is 20.2 Å². The Morgan fingerprint density at radius 2 is 2.12 bits per heavy atom. The summed E-state index contributed by atoms with van der Waals surface area (Å²) in [4.78, 5) is 27.5. The van der Waals surface area contributed by atoms with E-state index in [1.165, 1.54) is 7.11 Å². The van der Waals surface area contributed by atoms with E-state index in [1.807, 2.05) is 0 Å². The summed E-state index contributed by atoms with van der Waals surface area (Å²) in [6.07, 6.45) is 4.56. The fourth-order valence-corrected chi connectivity index (χ4v) is 4.24. The Morgan fingerprint density at radius 1 is 1.31 bits per heavy atom. The summed E-state index contributed by atoms with van der Waals surface area (Å²) in [5.74, 6) is 0.493. The summed E-state index contributed by atoms with van der Waals surface area (Å²) in [6, 6.07) is 4.61. The molecular formula is C19H26ClN3O3. The van der Waals surface area contributed by atoms with Crippen LogP contribution in [0.4, 0.5) is 0 Å². The highest BCUT2D eigenvalue weighted by molar-refractivity contribution is 6.31. The van der Waals surface area contributed by atoms with Gasteiger partial charge in [-0.25, -0.2) is 0 Å². The van der Waals surface area contributed by atoms with Crippen molar-refractivity contribution in [3.8, 4) is 5.75 Å². The maximum Gasteiger partial charge on any atom is 0.258 e. The summed E-state index contributed by atoms with van der Waals surface area (Å²) < 4.78 is 5.29. The number of ether oxygens (including phenoxy) is 1. The predicted octanol–water partition coefficient (Wildman–Crippen LogP) is 2.20. The normalized spacial score (nSPS) is 25.3. The van der Waals surface area contributed by atoms with Crippen LogP contribution in [0, 0.1) is 5.92 Å². The summed E-state index contributed by atoms with van der Waals surface area (Å²) in [7, 11) is 1.52. The molecule has 142 valence electrons. The quantitative estimate of drug-likeness (QED) is 0.821. The molecule has 3 rings (SSSR count). The molecule has 1 aromatic rings. The summed E-state index contributed by atoms with van der Waals surface area (Å²) >= 11 is 6.05. The number of rotatable bonds is 5. The summed E-state index contributed by atoms with van der Waals surface area (Å²) in [6.45, 7) is 1.13. The number of methoxy groups -OCH3 is 1. The fraction of sp³-hybridized carbons (Fsp3) is 0.579. The third kappa shape index (κ3) is 3.81. The molecule has 1 aromatic carbocycles. The predicted molar refractivity (Wildman–Crippen MR) is 100 cm³/mol. The van der Waals surface area contributed by atoms with Crippen molar-refractivity contribution in [1.29, 1.82) is 0 Å². The van der Waals surface area contributed by atoms with Gasteiger partial charge in [0.1, 0.15) is 11.8 Å². The van der Waals surface area contributed by atoms with E-state index in [4.69, 9.17) is 22.1 Å². The first kappa shape index (κ1) is 19.0. The third-order valence-corrected chi connectivity index (χ3v) is 5.73. The lowest BCUT2D eigenvalue weighted by Crippen LogP contribution is -2.50. The van der Waals surface area contributed by atoms with Crippen LogP contribution in [0.5, 0.6) is 5.75 Å². The monoisotopic (exact) mass is 379 g/mol. The Labute approximate surface area is 159 Å². The van der Waals surface area contributed by atoms with Gasteiger partial charge in [0, 0.05) is 17.6 Å². The van der Waals surface area contributed by atoms with Gasteiger partial charge in [-0.1, -0.05) is 18.0 Å². The molecule has 2 fully saturated rings. The van der Waals surface area contributed by atoms with E-state index < -0.39 is 6.04 Å². The van der Waals surface area contributed by atoms with Crippen LogP contribution in [0.1, 0.15) is 42.5 Å². The van der Waals surface area contributed by atoms with Crippen LogP contribution >= 0.6 is 11.6 Å². The summed E-state index contributed by atoms with van der Waals surface area (Å²) in [5, 5.41) is 3.59. The Hall–Kier alpha value is -1.79. The Bertz CT molecular complexity index is 682. The zero-order valence-corrected chi connectivity index (χ0v) is 15.8. The average Bonchev–Trinajstić information content (AvgIpc) is 3.30. The minimum atomic E-state index is -0.454. The molecule has 2 amide bonds. The maximum absolute atomic E-state index is 13.0. The smallest absolute Gasteiger partial charge is 0.258 e. The van der Waals surface area contributed by atoms with Crippen LogP contribution in [-0.2, 0) is 4.79 Å². The number of hydrogen-bond donors (Lipinski definition) is 2. The van der Waals surface area contributed by atoms with Crippen molar-refractivity contribution < 1.29 is 14.3 Å². The van der Waals surface area contributed by atoms with Gasteiger partial charge in [-0.05, 0) is 56.3 Å². The fourth-order valence-electron chi connectivity index (χ4n) is 4.07. The number of nitrogens with two attached hydrogens (primary N) is 1. The van der Waals surface area contributed by atoms with E-state index in [2.05, 4.69) is 5.32 Å². The molecule has 0 bridgehead atoms. The van der Waals surface area contributed by atoms with E-state index in [1.54, 1.807) is 23.1 Å². The first-order valence-electron chi connectivity index (χ1n) is 9.20. The van der Waals surface area contributed by atoms with Gasteiger partial charge in [-0.3, -0.25) is 9.59 Å². The molecular weight excluding hydrogens is 354 g/mol. The van der Waals surface area contributed by atoms with E-state index >= 15 is 0 Å². The highest BCUT2D eigenvalue weighted by atomic mass is 35.5. The Kier molecular flexibility index (Phi) is 6.04. The number of likely N-dealkylation sites (tertiary alicyclic amines) is 1. The second-order valence-electron chi connectivity index (χ2n) is 7.04. The van der Waals surface area contributed by atoms with Gasteiger partial charge in [0.2, 0.25) is 5.91 Å². The maximum atomic E-state index is 13.0. The van der Waals surface area contributed by atoms with Crippen molar-refractivity contribution in [1.82, 2.24) is 10.2 Å². The second kappa shape index (κ2) is 8.27. The molecule has 1 saturated heterocycles. The molecule has 6 nitrogen and oxygen atoms in total. The molecule has 0 radical (unpaired) electrons. The standard InChI is InChI=1S/C19H26ClN3O3/c1-26-17-8-7-13(20)10-14(17)19(25)23-9-3-6-16(23)18(24)22-15-5-2-4-12(15)11-21/h7-8,10,12,15-16H,2-6,9,11,21H2,1H3,(H,22,24). The molecule has 0 aromatic heterocycles. The number of benzene rings is 1. The van der Waals surface area contributed by atoms with Crippen molar-refractivity contribution in [3.05, 3.63) is 28.8 Å². The lowest BCUT2D eigenvalue weighted by atomic mass is 10.0. The molecule has 1 saturated carbocycles. The van der Waals surface area contributed by atoms with Gasteiger partial charge in [0.25, 0.3) is 5.91 Å². The molecule has 3 unspecified atom stereocenters. The van der Waals surface area contributed by atoms with Gasteiger partial charge in [-0.2, -0.15) is 0 Å². The molecule has 1 heterocycles. The Morgan fingerprint density at radius 3 is 2.85 bits per heavy atom. The van der Waals surface area contributed by atoms with E-state index in [0.29, 0.717) is 41.8 Å². The van der Waals surface area contributed by atoms with Crippen LogP contribution in [0.3, 0.4) is 0 Å². The van der Waals surface area contributed by atoms with Gasteiger partial charge < -0.3 is 20.7 Å². The molecule has 3 N–H and O–H groups in total. The zero-order chi connectivity index (χ0) is 18.7. The van der Waals surface area contributed by atoms with Crippen molar-refractivity contribution in [2.45, 2.75) is 44.2 Å². The average molecular weight is 380 g/mol. The largest absolute Gasteiger partial charge is 0.496 e. The molecule has 1 aliphatic heterocycles. The van der Waals surface area contributed by atoms with Crippen molar-refractivity contribution in [2.24, 2.45) is 11.7 Å². The SMILES string of the molecule is COc1ccc(Cl)cc1C(=O)N1CCCC1C(=O)NC1CCCC1CN. The van der Waals surface area contributed by atoms with E-state index in [9.17, 15) is 9.59 Å². The third-order valence-electron chi connectivity index (χ3n) is 5.50. The zero-order valence-electron chi connectivity index (χ0n) is 15.0. The lowest BCUT2D eigenvalue weighted by molar-refractivity contribution is -0.125. The van der Waals surface area contributed by atoms with Crippen molar-refractivity contribution >= 4 is 23.4 Å². The first-order chi connectivity index (χ1) is 12.5. The van der Waals surface area contributed by atoms with Crippen LogP contribution in [0.15, 0.2) is 18.2 Å². The molecule has 3 atom stereocenters.